The van der Waals surface area contributed by atoms with Gasteiger partial charge in [0.15, 0.2) is 12.4 Å². The van der Waals surface area contributed by atoms with Gasteiger partial charge < -0.3 is 9.26 Å². The van der Waals surface area contributed by atoms with Crippen molar-refractivity contribution in [1.82, 2.24) is 14.9 Å². The van der Waals surface area contributed by atoms with Gasteiger partial charge in [0.1, 0.15) is 5.75 Å². The van der Waals surface area contributed by atoms with Crippen LogP contribution in [0.25, 0.3) is 0 Å². The van der Waals surface area contributed by atoms with Crippen LogP contribution in [0.2, 0.25) is 0 Å². The fraction of sp³-hybridized carbons (Fsp3) is 0.471. The van der Waals surface area contributed by atoms with Gasteiger partial charge in [-0.15, -0.1) is 0 Å². The lowest BCUT2D eigenvalue weighted by molar-refractivity contribution is -0.121. The lowest BCUT2D eigenvalue weighted by Crippen LogP contribution is -2.39. The molecule has 1 N–H and O–H groups in total. The molecule has 1 aliphatic heterocycles. The Hall–Kier alpha value is -2.46. The van der Waals surface area contributed by atoms with Gasteiger partial charge in [0.25, 0.3) is 5.91 Å². The van der Waals surface area contributed by atoms with Crippen LogP contribution < -0.4 is 14.4 Å². The average Bonchev–Trinajstić information content (AvgIpc) is 3.11. The highest BCUT2D eigenvalue weighted by molar-refractivity contribution is 7.89. The molecule has 0 fully saturated rings. The summed E-state index contributed by atoms with van der Waals surface area (Å²) >= 11 is 0. The fourth-order valence-corrected chi connectivity index (χ4v) is 3.92. The Morgan fingerprint density at radius 3 is 2.78 bits per heavy atom. The average molecular weight is 394 g/mol. The molecule has 0 aliphatic carbocycles. The normalized spacial score (nSPS) is 15.4. The standard InChI is InChI=1S/C17H22N4O5S/c1-4-11(3)20-27(23,24)12-6-7-14-13(8-12)21(17(22)10-25-14)9-15-18-16(5-2)26-19-15/h6-8,11,20H,4-5,9-10H2,1-3H3/t11-/m1/s1. The second-order valence-electron chi connectivity index (χ2n) is 6.29. The summed E-state index contributed by atoms with van der Waals surface area (Å²) in [5, 5.41) is 3.86. The van der Waals surface area contributed by atoms with Gasteiger partial charge in [0.05, 0.1) is 17.1 Å². The smallest absolute Gasteiger partial charge is 0.265 e. The molecular weight excluding hydrogens is 372 g/mol. The van der Waals surface area contributed by atoms with Crippen molar-refractivity contribution in [3.05, 3.63) is 29.9 Å². The van der Waals surface area contributed by atoms with Crippen LogP contribution in [-0.2, 0) is 27.8 Å². The topological polar surface area (TPSA) is 115 Å². The molecule has 0 saturated carbocycles. The Labute approximate surface area is 157 Å². The highest BCUT2D eigenvalue weighted by atomic mass is 32.2. The Kier molecular flexibility index (Phi) is 5.47. The SMILES string of the molecule is CCc1nc(CN2C(=O)COc3ccc(S(=O)(=O)N[C@H](C)CC)cc32)no1. The Balaban J connectivity index is 1.94. The first-order valence-electron chi connectivity index (χ1n) is 8.75. The van der Waals surface area contributed by atoms with Crippen molar-refractivity contribution in [2.45, 2.75) is 51.1 Å². The molecule has 0 unspecified atom stereocenters. The number of hydrogen-bond donors (Lipinski definition) is 1. The molecule has 0 radical (unpaired) electrons. The number of carbonyl (C=O) groups is 1. The third-order valence-corrected chi connectivity index (χ3v) is 5.85. The van der Waals surface area contributed by atoms with E-state index in [0.29, 0.717) is 36.0 Å². The zero-order valence-corrected chi connectivity index (χ0v) is 16.2. The number of carbonyl (C=O) groups excluding carboxylic acids is 1. The third-order valence-electron chi connectivity index (χ3n) is 4.26. The van der Waals surface area contributed by atoms with Gasteiger partial charge in [0.2, 0.25) is 15.9 Å². The maximum Gasteiger partial charge on any atom is 0.265 e. The molecule has 2 heterocycles. The van der Waals surface area contributed by atoms with Crippen LogP contribution >= 0.6 is 0 Å². The van der Waals surface area contributed by atoms with E-state index in [1.165, 1.54) is 17.0 Å². The number of nitrogens with zero attached hydrogens (tertiary/aromatic N) is 3. The molecule has 1 aromatic carbocycles. The zero-order chi connectivity index (χ0) is 19.6. The molecule has 2 aromatic rings. The maximum atomic E-state index is 12.6. The van der Waals surface area contributed by atoms with Gasteiger partial charge in [0, 0.05) is 12.5 Å². The van der Waals surface area contributed by atoms with Crippen molar-refractivity contribution in [3.8, 4) is 5.75 Å². The number of anilines is 1. The Bertz CT molecular complexity index is 941. The number of benzene rings is 1. The summed E-state index contributed by atoms with van der Waals surface area (Å²) in [6.45, 7) is 5.50. The first kappa shape index (κ1) is 19.3. The number of ether oxygens (including phenoxy) is 1. The predicted octanol–water partition coefficient (Wildman–Crippen LogP) is 1.63. The van der Waals surface area contributed by atoms with Gasteiger partial charge in [-0.25, -0.2) is 13.1 Å². The molecule has 1 amide bonds. The second kappa shape index (κ2) is 7.65. The number of aromatic nitrogens is 2. The monoisotopic (exact) mass is 394 g/mol. The summed E-state index contributed by atoms with van der Waals surface area (Å²) in [7, 11) is -3.71. The summed E-state index contributed by atoms with van der Waals surface area (Å²) in [5.41, 5.74) is 0.362. The van der Waals surface area contributed by atoms with Crippen LogP contribution in [0.15, 0.2) is 27.6 Å². The van der Waals surface area contributed by atoms with E-state index in [0.717, 1.165) is 0 Å². The first-order chi connectivity index (χ1) is 12.8. The molecule has 1 aliphatic rings. The van der Waals surface area contributed by atoms with Crippen LogP contribution in [0.1, 0.15) is 38.9 Å². The lowest BCUT2D eigenvalue weighted by Gasteiger charge is -2.28. The summed E-state index contributed by atoms with van der Waals surface area (Å²) in [5.74, 6) is 0.935. The van der Waals surface area contributed by atoms with Gasteiger partial charge >= 0.3 is 0 Å². The van der Waals surface area contributed by atoms with Crippen molar-refractivity contribution in [3.63, 3.8) is 0 Å². The molecular formula is C17H22N4O5S. The van der Waals surface area contributed by atoms with Crippen LogP contribution in [0.5, 0.6) is 5.75 Å². The quantitative estimate of drug-likeness (QED) is 0.759. The third kappa shape index (κ3) is 4.11. The molecule has 0 bridgehead atoms. The molecule has 10 heteroatoms. The summed E-state index contributed by atoms with van der Waals surface area (Å²) in [6.07, 6.45) is 1.25. The second-order valence-corrected chi connectivity index (χ2v) is 8.00. The van der Waals surface area contributed by atoms with Gasteiger partial charge in [-0.05, 0) is 31.5 Å². The Morgan fingerprint density at radius 2 is 2.11 bits per heavy atom. The number of rotatable bonds is 7. The van der Waals surface area contributed by atoms with E-state index in [1.54, 1.807) is 13.0 Å². The minimum atomic E-state index is -3.71. The van der Waals surface area contributed by atoms with Crippen molar-refractivity contribution in [2.75, 3.05) is 11.5 Å². The lowest BCUT2D eigenvalue weighted by atomic mass is 10.2. The number of hydrogen-bond acceptors (Lipinski definition) is 7. The predicted molar refractivity (Wildman–Crippen MR) is 96.9 cm³/mol. The number of aryl methyl sites for hydroxylation is 1. The van der Waals surface area contributed by atoms with Crippen molar-refractivity contribution in [2.24, 2.45) is 0 Å². The zero-order valence-electron chi connectivity index (χ0n) is 15.4. The molecule has 146 valence electrons. The van der Waals surface area contributed by atoms with Crippen LogP contribution in [-0.4, -0.2) is 37.1 Å². The minimum Gasteiger partial charge on any atom is -0.482 e. The van der Waals surface area contributed by atoms with Crippen LogP contribution in [0.3, 0.4) is 0 Å². The first-order valence-corrected chi connectivity index (χ1v) is 10.2. The molecule has 1 aromatic heterocycles. The maximum absolute atomic E-state index is 12.6. The highest BCUT2D eigenvalue weighted by Gasteiger charge is 2.29. The minimum absolute atomic E-state index is 0.0622. The number of fused-ring (bicyclic) bond motifs is 1. The molecule has 3 rings (SSSR count). The summed E-state index contributed by atoms with van der Waals surface area (Å²) in [4.78, 5) is 18.1. The number of nitrogens with one attached hydrogen (secondary N) is 1. The molecule has 9 nitrogen and oxygen atoms in total. The van der Waals surface area contributed by atoms with Gasteiger partial charge in [-0.1, -0.05) is 19.0 Å². The van der Waals surface area contributed by atoms with Crippen LogP contribution in [0.4, 0.5) is 5.69 Å². The summed E-state index contributed by atoms with van der Waals surface area (Å²) in [6, 6.07) is 4.24. The van der Waals surface area contributed by atoms with Crippen molar-refractivity contribution in [1.29, 1.82) is 0 Å². The van der Waals surface area contributed by atoms with Crippen molar-refractivity contribution >= 4 is 21.6 Å². The van der Waals surface area contributed by atoms with E-state index in [2.05, 4.69) is 14.9 Å². The largest absolute Gasteiger partial charge is 0.482 e. The van der Waals surface area contributed by atoms with E-state index < -0.39 is 10.0 Å². The van der Waals surface area contributed by atoms with E-state index in [4.69, 9.17) is 9.26 Å². The van der Waals surface area contributed by atoms with Crippen molar-refractivity contribution < 1.29 is 22.5 Å². The van der Waals surface area contributed by atoms with Gasteiger partial charge in [-0.2, -0.15) is 4.98 Å². The fourth-order valence-electron chi connectivity index (χ4n) is 2.58. The molecule has 1 atom stereocenters. The Morgan fingerprint density at radius 1 is 1.33 bits per heavy atom. The molecule has 0 saturated heterocycles. The van der Waals surface area contributed by atoms with E-state index in [-0.39, 0.29) is 30.0 Å². The van der Waals surface area contributed by atoms with E-state index in [9.17, 15) is 13.2 Å². The summed E-state index contributed by atoms with van der Waals surface area (Å²) < 4.78 is 38.3. The number of amides is 1. The van der Waals surface area contributed by atoms with E-state index >= 15 is 0 Å². The van der Waals surface area contributed by atoms with Gasteiger partial charge in [-0.3, -0.25) is 9.69 Å². The highest BCUT2D eigenvalue weighted by Crippen LogP contribution is 2.35. The van der Waals surface area contributed by atoms with Crippen LogP contribution in [0, 0.1) is 0 Å². The number of sulfonamides is 1. The molecule has 0 spiro atoms. The molecule has 27 heavy (non-hydrogen) atoms. The van der Waals surface area contributed by atoms with E-state index in [1.807, 2.05) is 13.8 Å².